The van der Waals surface area contributed by atoms with Gasteiger partial charge in [-0.15, -0.1) is 0 Å². The summed E-state index contributed by atoms with van der Waals surface area (Å²) in [5.41, 5.74) is 1.45. The topological polar surface area (TPSA) is 94.2 Å². The largest absolute Gasteiger partial charge is 0.493 e. The van der Waals surface area contributed by atoms with E-state index in [2.05, 4.69) is 5.32 Å². The van der Waals surface area contributed by atoms with Crippen LogP contribution in [0.4, 0.5) is 0 Å². The first-order chi connectivity index (χ1) is 15.1. The Labute approximate surface area is 180 Å². The molecule has 8 heteroatoms. The molecule has 31 heavy (non-hydrogen) atoms. The average Bonchev–Trinajstić information content (AvgIpc) is 3.50. The Morgan fingerprint density at radius 1 is 1.06 bits per heavy atom. The average molecular weight is 426 g/mol. The zero-order valence-corrected chi connectivity index (χ0v) is 17.6. The second kappa shape index (κ2) is 10.9. The number of benzene rings is 1. The van der Waals surface area contributed by atoms with Gasteiger partial charge in [-0.1, -0.05) is 6.07 Å². The maximum Gasteiger partial charge on any atom is 0.257 e. The van der Waals surface area contributed by atoms with Gasteiger partial charge in [-0.2, -0.15) is 0 Å². The van der Waals surface area contributed by atoms with Crippen LogP contribution in [0, 0.1) is 0 Å². The Hall–Kier alpha value is -3.68. The van der Waals surface area contributed by atoms with Crippen molar-refractivity contribution in [2.45, 2.75) is 19.4 Å². The van der Waals surface area contributed by atoms with Crippen molar-refractivity contribution in [1.29, 1.82) is 0 Å². The van der Waals surface area contributed by atoms with E-state index in [1.54, 1.807) is 43.6 Å². The summed E-state index contributed by atoms with van der Waals surface area (Å²) < 4.78 is 20.9. The Balaban J connectivity index is 1.50. The summed E-state index contributed by atoms with van der Waals surface area (Å²) in [6.45, 7) is 1.00. The Kier molecular flexibility index (Phi) is 7.75. The zero-order valence-electron chi connectivity index (χ0n) is 17.6. The molecule has 0 spiro atoms. The second-order valence-electron chi connectivity index (χ2n) is 6.86. The molecule has 0 aliphatic heterocycles. The van der Waals surface area contributed by atoms with Crippen molar-refractivity contribution in [2.24, 2.45) is 0 Å². The summed E-state index contributed by atoms with van der Waals surface area (Å²) in [5, 5.41) is 2.89. The highest BCUT2D eigenvalue weighted by molar-refractivity contribution is 5.94. The number of nitrogens with zero attached hydrogens (tertiary/aromatic N) is 1. The van der Waals surface area contributed by atoms with E-state index in [0.717, 1.165) is 5.56 Å². The predicted octanol–water partition coefficient (Wildman–Crippen LogP) is 3.28. The molecular weight excluding hydrogens is 400 g/mol. The van der Waals surface area contributed by atoms with Crippen LogP contribution in [0.5, 0.6) is 11.5 Å². The molecule has 0 bridgehead atoms. The molecule has 3 rings (SSSR count). The van der Waals surface area contributed by atoms with E-state index in [0.29, 0.717) is 35.8 Å². The number of amides is 2. The number of nitrogens with one attached hydrogen (secondary N) is 1. The van der Waals surface area contributed by atoms with E-state index in [9.17, 15) is 9.59 Å². The van der Waals surface area contributed by atoms with Crippen LogP contribution in [-0.2, 0) is 17.8 Å². The van der Waals surface area contributed by atoms with Crippen LogP contribution in [0.1, 0.15) is 28.1 Å². The fourth-order valence-corrected chi connectivity index (χ4v) is 3.12. The standard InChI is InChI=1S/C23H26N2O6/c1-28-20-6-5-17(14-21(20)29-2)7-10-24-22(26)8-11-25(15-19-4-3-12-31-19)23(27)18-9-13-30-16-18/h3-6,9,12-14,16H,7-8,10-11,15H2,1-2H3,(H,24,26). The summed E-state index contributed by atoms with van der Waals surface area (Å²) in [5.74, 6) is 1.60. The molecule has 2 aromatic heterocycles. The molecule has 0 aliphatic carbocycles. The third-order valence-corrected chi connectivity index (χ3v) is 4.77. The third kappa shape index (κ3) is 6.15. The Morgan fingerprint density at radius 3 is 2.58 bits per heavy atom. The van der Waals surface area contributed by atoms with Crippen LogP contribution < -0.4 is 14.8 Å². The normalized spacial score (nSPS) is 10.5. The number of carbonyl (C=O) groups excluding carboxylic acids is 2. The van der Waals surface area contributed by atoms with E-state index < -0.39 is 0 Å². The monoisotopic (exact) mass is 426 g/mol. The molecule has 0 fully saturated rings. The first-order valence-corrected chi connectivity index (χ1v) is 9.92. The number of furan rings is 2. The molecule has 2 heterocycles. The molecule has 0 radical (unpaired) electrons. The Morgan fingerprint density at radius 2 is 1.90 bits per heavy atom. The maximum absolute atomic E-state index is 12.7. The van der Waals surface area contributed by atoms with Gasteiger partial charge in [-0.05, 0) is 42.3 Å². The summed E-state index contributed by atoms with van der Waals surface area (Å²) in [6.07, 6.45) is 5.21. The fourth-order valence-electron chi connectivity index (χ4n) is 3.12. The van der Waals surface area contributed by atoms with Crippen LogP contribution in [0.15, 0.2) is 64.0 Å². The van der Waals surface area contributed by atoms with Gasteiger partial charge in [0, 0.05) is 19.5 Å². The highest BCUT2D eigenvalue weighted by Crippen LogP contribution is 2.27. The zero-order chi connectivity index (χ0) is 22.1. The number of hydrogen-bond donors (Lipinski definition) is 1. The van der Waals surface area contributed by atoms with Crippen LogP contribution in [-0.4, -0.2) is 44.0 Å². The number of ether oxygens (including phenoxy) is 2. The van der Waals surface area contributed by atoms with Crippen molar-refractivity contribution < 1.29 is 27.9 Å². The summed E-state index contributed by atoms with van der Waals surface area (Å²) >= 11 is 0. The van der Waals surface area contributed by atoms with Crippen molar-refractivity contribution in [3.8, 4) is 11.5 Å². The number of rotatable bonds is 11. The molecule has 0 aliphatic rings. The van der Waals surface area contributed by atoms with E-state index in [1.165, 1.54) is 12.5 Å². The molecule has 1 aromatic carbocycles. The Bertz CT molecular complexity index is 966. The molecule has 0 saturated heterocycles. The van der Waals surface area contributed by atoms with Gasteiger partial charge < -0.3 is 28.5 Å². The molecule has 0 saturated carbocycles. The molecule has 0 atom stereocenters. The van der Waals surface area contributed by atoms with E-state index in [-0.39, 0.29) is 31.3 Å². The molecule has 0 unspecified atom stereocenters. The van der Waals surface area contributed by atoms with Gasteiger partial charge in [0.2, 0.25) is 5.91 Å². The third-order valence-electron chi connectivity index (χ3n) is 4.77. The van der Waals surface area contributed by atoms with Gasteiger partial charge in [-0.3, -0.25) is 9.59 Å². The van der Waals surface area contributed by atoms with Crippen LogP contribution >= 0.6 is 0 Å². The van der Waals surface area contributed by atoms with Gasteiger partial charge in [0.25, 0.3) is 5.91 Å². The van der Waals surface area contributed by atoms with E-state index >= 15 is 0 Å². The van der Waals surface area contributed by atoms with Crippen molar-refractivity contribution >= 4 is 11.8 Å². The van der Waals surface area contributed by atoms with Crippen molar-refractivity contribution in [3.63, 3.8) is 0 Å². The van der Waals surface area contributed by atoms with E-state index in [1.807, 2.05) is 18.2 Å². The molecule has 164 valence electrons. The SMILES string of the molecule is COc1ccc(CCNC(=O)CCN(Cc2ccco2)C(=O)c2ccoc2)cc1OC. The summed E-state index contributed by atoms with van der Waals surface area (Å²) in [7, 11) is 3.17. The second-order valence-corrected chi connectivity index (χ2v) is 6.86. The predicted molar refractivity (Wildman–Crippen MR) is 113 cm³/mol. The minimum Gasteiger partial charge on any atom is -0.493 e. The summed E-state index contributed by atoms with van der Waals surface area (Å²) in [4.78, 5) is 26.6. The van der Waals surface area contributed by atoms with Gasteiger partial charge in [0.05, 0.1) is 38.9 Å². The number of carbonyl (C=O) groups is 2. The highest BCUT2D eigenvalue weighted by atomic mass is 16.5. The lowest BCUT2D eigenvalue weighted by Crippen LogP contribution is -2.35. The molecule has 3 aromatic rings. The van der Waals surface area contributed by atoms with Gasteiger partial charge in [-0.25, -0.2) is 0 Å². The molecule has 8 nitrogen and oxygen atoms in total. The van der Waals surface area contributed by atoms with Crippen molar-refractivity contribution in [1.82, 2.24) is 10.2 Å². The first-order valence-electron chi connectivity index (χ1n) is 9.92. The van der Waals surface area contributed by atoms with Gasteiger partial charge in [0.15, 0.2) is 11.5 Å². The van der Waals surface area contributed by atoms with Crippen molar-refractivity contribution in [2.75, 3.05) is 27.3 Å². The highest BCUT2D eigenvalue weighted by Gasteiger charge is 2.19. The lowest BCUT2D eigenvalue weighted by Gasteiger charge is -2.21. The number of hydrogen-bond acceptors (Lipinski definition) is 6. The van der Waals surface area contributed by atoms with Crippen LogP contribution in [0.3, 0.4) is 0 Å². The maximum atomic E-state index is 12.7. The minimum absolute atomic E-state index is 0.134. The number of methoxy groups -OCH3 is 2. The quantitative estimate of drug-likeness (QED) is 0.506. The van der Waals surface area contributed by atoms with Crippen molar-refractivity contribution in [3.05, 3.63) is 72.1 Å². The lowest BCUT2D eigenvalue weighted by molar-refractivity contribution is -0.121. The van der Waals surface area contributed by atoms with Gasteiger partial charge in [0.1, 0.15) is 12.0 Å². The van der Waals surface area contributed by atoms with Gasteiger partial charge >= 0.3 is 0 Å². The molecule has 1 N–H and O–H groups in total. The lowest BCUT2D eigenvalue weighted by atomic mass is 10.1. The smallest absolute Gasteiger partial charge is 0.257 e. The van der Waals surface area contributed by atoms with E-state index in [4.69, 9.17) is 18.3 Å². The van der Waals surface area contributed by atoms with Crippen LogP contribution in [0.2, 0.25) is 0 Å². The summed E-state index contributed by atoms with van der Waals surface area (Å²) in [6, 6.07) is 10.8. The first kappa shape index (κ1) is 22.0. The molecule has 2 amide bonds. The molecular formula is C23H26N2O6. The van der Waals surface area contributed by atoms with Crippen LogP contribution in [0.25, 0.3) is 0 Å². The fraction of sp³-hybridized carbons (Fsp3) is 0.304. The minimum atomic E-state index is -0.219.